The van der Waals surface area contributed by atoms with Gasteiger partial charge in [-0.1, -0.05) is 84.8 Å². The van der Waals surface area contributed by atoms with E-state index in [-0.39, 0.29) is 31.0 Å². The van der Waals surface area contributed by atoms with Crippen molar-refractivity contribution in [1.82, 2.24) is 10.2 Å². The van der Waals surface area contributed by atoms with Crippen LogP contribution in [0, 0.1) is 6.92 Å². The lowest BCUT2D eigenvalue weighted by molar-refractivity contribution is -0.143. The van der Waals surface area contributed by atoms with Gasteiger partial charge >= 0.3 is 0 Å². The topological polar surface area (TPSA) is 58.6 Å². The highest BCUT2D eigenvalue weighted by Gasteiger charge is 2.31. The van der Waals surface area contributed by atoms with E-state index in [1.807, 2.05) is 93.6 Å². The predicted octanol–water partition coefficient (Wildman–Crippen LogP) is 5.58. The van der Waals surface area contributed by atoms with Crippen molar-refractivity contribution in [3.05, 3.63) is 101 Å². The summed E-state index contributed by atoms with van der Waals surface area (Å²) in [7, 11) is 0. The molecule has 0 saturated heterocycles. The molecule has 0 radical (unpaired) electrons. The monoisotopic (exact) mass is 492 g/mol. The Morgan fingerprint density at radius 2 is 1.63 bits per heavy atom. The summed E-state index contributed by atoms with van der Waals surface area (Å²) in [6.07, 6.45) is 1.17. The molecule has 0 bridgehead atoms. The normalized spacial score (nSPS) is 12.5. The van der Waals surface area contributed by atoms with E-state index in [4.69, 9.17) is 16.3 Å². The Labute approximate surface area is 213 Å². The summed E-state index contributed by atoms with van der Waals surface area (Å²) in [6, 6.07) is 23.9. The summed E-state index contributed by atoms with van der Waals surface area (Å²) in [5.74, 6) is 0.120. The number of amides is 2. The number of halogens is 1. The molecule has 3 aromatic rings. The van der Waals surface area contributed by atoms with Gasteiger partial charge in [0.05, 0.1) is 0 Å². The van der Waals surface area contributed by atoms with Crippen molar-refractivity contribution >= 4 is 23.4 Å². The number of rotatable bonds is 11. The number of carbonyl (C=O) groups excluding carboxylic acids is 2. The van der Waals surface area contributed by atoms with Gasteiger partial charge in [-0.05, 0) is 49.6 Å². The molecule has 1 N–H and O–H groups in total. The molecule has 2 unspecified atom stereocenters. The molecule has 0 spiro atoms. The fourth-order valence-corrected chi connectivity index (χ4v) is 3.86. The van der Waals surface area contributed by atoms with Crippen molar-refractivity contribution in [3.63, 3.8) is 0 Å². The van der Waals surface area contributed by atoms with Gasteiger partial charge < -0.3 is 15.0 Å². The van der Waals surface area contributed by atoms with Gasteiger partial charge in [0.1, 0.15) is 11.8 Å². The summed E-state index contributed by atoms with van der Waals surface area (Å²) < 4.78 is 5.80. The number of hydrogen-bond acceptors (Lipinski definition) is 3. The molecule has 3 aromatic carbocycles. The Morgan fingerprint density at radius 1 is 0.971 bits per heavy atom. The van der Waals surface area contributed by atoms with Crippen LogP contribution < -0.4 is 10.1 Å². The molecule has 0 aliphatic rings. The van der Waals surface area contributed by atoms with Crippen molar-refractivity contribution in [3.8, 4) is 5.75 Å². The van der Waals surface area contributed by atoms with Crippen molar-refractivity contribution in [2.24, 2.45) is 0 Å². The zero-order valence-electron chi connectivity index (χ0n) is 20.5. The third kappa shape index (κ3) is 7.86. The number of benzene rings is 3. The van der Waals surface area contributed by atoms with Crippen LogP contribution in [0.25, 0.3) is 0 Å². The number of hydrogen-bond donors (Lipinski definition) is 1. The highest BCUT2D eigenvalue weighted by Crippen LogP contribution is 2.21. The van der Waals surface area contributed by atoms with Crippen molar-refractivity contribution < 1.29 is 14.3 Å². The summed E-state index contributed by atoms with van der Waals surface area (Å²) in [6.45, 7) is 5.97. The molecule has 5 nitrogen and oxygen atoms in total. The summed E-state index contributed by atoms with van der Waals surface area (Å²) >= 11 is 6.44. The van der Waals surface area contributed by atoms with Crippen LogP contribution in [0.5, 0.6) is 5.75 Å². The standard InChI is InChI=1S/C29H33ClN2O3/c1-4-22(3)31-29(34)27(18-23-10-6-5-7-11-23)32(19-24-12-8-9-13-26(24)30)28(33)20-35-25-16-14-21(2)15-17-25/h5-17,22,27H,4,18-20H2,1-3H3,(H,31,34). The third-order valence-corrected chi connectivity index (χ3v) is 6.32. The van der Waals surface area contributed by atoms with Crippen LogP contribution in [0.3, 0.4) is 0 Å². The maximum absolute atomic E-state index is 13.6. The van der Waals surface area contributed by atoms with Crippen LogP contribution in [-0.2, 0) is 22.6 Å². The number of carbonyl (C=O) groups is 2. The Hall–Kier alpha value is -3.31. The molecule has 2 atom stereocenters. The van der Waals surface area contributed by atoms with Gasteiger partial charge in [-0.25, -0.2) is 0 Å². The molecule has 0 aromatic heterocycles. The van der Waals surface area contributed by atoms with Gasteiger partial charge in [0.15, 0.2) is 6.61 Å². The minimum absolute atomic E-state index is 0.0122. The van der Waals surface area contributed by atoms with E-state index in [0.717, 1.165) is 23.1 Å². The van der Waals surface area contributed by atoms with Crippen LogP contribution in [0.4, 0.5) is 0 Å². The van der Waals surface area contributed by atoms with Crippen molar-refractivity contribution in [1.29, 1.82) is 0 Å². The number of aryl methyl sites for hydroxylation is 1. The number of nitrogens with zero attached hydrogens (tertiary/aromatic N) is 1. The van der Waals surface area contributed by atoms with E-state index in [9.17, 15) is 9.59 Å². The maximum atomic E-state index is 13.6. The van der Waals surface area contributed by atoms with Crippen LogP contribution in [0.1, 0.15) is 37.0 Å². The molecule has 6 heteroatoms. The molecule has 0 fully saturated rings. The van der Waals surface area contributed by atoms with E-state index >= 15 is 0 Å². The second-order valence-electron chi connectivity index (χ2n) is 8.74. The molecule has 0 saturated carbocycles. The average Bonchev–Trinajstić information content (AvgIpc) is 2.87. The fourth-order valence-electron chi connectivity index (χ4n) is 3.67. The van der Waals surface area contributed by atoms with Gasteiger partial charge in [-0.15, -0.1) is 0 Å². The Morgan fingerprint density at radius 3 is 2.29 bits per heavy atom. The molecule has 0 aliphatic heterocycles. The lowest BCUT2D eigenvalue weighted by Gasteiger charge is -2.32. The Balaban J connectivity index is 1.91. The quantitative estimate of drug-likeness (QED) is 0.380. The molecule has 0 aliphatic carbocycles. The van der Waals surface area contributed by atoms with Crippen molar-refractivity contribution in [2.45, 2.75) is 52.2 Å². The summed E-state index contributed by atoms with van der Waals surface area (Å²) in [5, 5.41) is 3.61. The lowest BCUT2D eigenvalue weighted by atomic mass is 10.0. The number of nitrogens with one attached hydrogen (secondary N) is 1. The molecule has 0 heterocycles. The minimum Gasteiger partial charge on any atom is -0.484 e. The molecular weight excluding hydrogens is 460 g/mol. The van der Waals surface area contributed by atoms with E-state index in [1.165, 1.54) is 0 Å². The highest BCUT2D eigenvalue weighted by molar-refractivity contribution is 6.31. The first-order chi connectivity index (χ1) is 16.9. The minimum atomic E-state index is -0.725. The predicted molar refractivity (Wildman–Crippen MR) is 141 cm³/mol. The molecule has 184 valence electrons. The van der Waals surface area contributed by atoms with Gasteiger partial charge in [-0.3, -0.25) is 9.59 Å². The smallest absolute Gasteiger partial charge is 0.261 e. The molecule has 35 heavy (non-hydrogen) atoms. The SMILES string of the molecule is CCC(C)NC(=O)C(Cc1ccccc1)N(Cc1ccccc1Cl)C(=O)COc1ccc(C)cc1. The zero-order chi connectivity index (χ0) is 25.2. The van der Waals surface area contributed by atoms with Crippen LogP contribution in [0.15, 0.2) is 78.9 Å². The first kappa shape index (κ1) is 26.3. The molecular formula is C29H33ClN2O3. The second-order valence-corrected chi connectivity index (χ2v) is 9.15. The number of ether oxygens (including phenoxy) is 1. The summed E-state index contributed by atoms with van der Waals surface area (Å²) in [4.78, 5) is 28.6. The van der Waals surface area contributed by atoms with E-state index < -0.39 is 6.04 Å². The Bertz CT molecular complexity index is 1100. The molecule has 3 rings (SSSR count). The zero-order valence-corrected chi connectivity index (χ0v) is 21.3. The maximum Gasteiger partial charge on any atom is 0.261 e. The van der Waals surface area contributed by atoms with Gasteiger partial charge in [0, 0.05) is 24.0 Å². The summed E-state index contributed by atoms with van der Waals surface area (Å²) in [5.41, 5.74) is 2.84. The first-order valence-corrected chi connectivity index (χ1v) is 12.3. The lowest BCUT2D eigenvalue weighted by Crippen LogP contribution is -2.53. The Kier molecular flexibility index (Phi) is 9.74. The average molecular weight is 493 g/mol. The fraction of sp³-hybridized carbons (Fsp3) is 0.310. The van der Waals surface area contributed by atoms with E-state index in [2.05, 4.69) is 5.32 Å². The van der Waals surface area contributed by atoms with E-state index in [0.29, 0.717) is 17.2 Å². The second kappa shape index (κ2) is 13.0. The van der Waals surface area contributed by atoms with Gasteiger partial charge in [0.2, 0.25) is 5.91 Å². The van der Waals surface area contributed by atoms with Crippen molar-refractivity contribution in [2.75, 3.05) is 6.61 Å². The first-order valence-electron chi connectivity index (χ1n) is 11.9. The van der Waals surface area contributed by atoms with Gasteiger partial charge in [0.25, 0.3) is 5.91 Å². The van der Waals surface area contributed by atoms with Crippen LogP contribution in [-0.4, -0.2) is 35.4 Å². The third-order valence-electron chi connectivity index (χ3n) is 5.95. The van der Waals surface area contributed by atoms with Gasteiger partial charge in [-0.2, -0.15) is 0 Å². The molecule has 2 amide bonds. The van der Waals surface area contributed by atoms with Crippen LogP contribution >= 0.6 is 11.6 Å². The highest BCUT2D eigenvalue weighted by atomic mass is 35.5. The largest absolute Gasteiger partial charge is 0.484 e. The van der Waals surface area contributed by atoms with Crippen LogP contribution in [0.2, 0.25) is 5.02 Å². The van der Waals surface area contributed by atoms with E-state index in [1.54, 1.807) is 11.0 Å².